The van der Waals surface area contributed by atoms with E-state index in [1.54, 1.807) is 38.1 Å². The molecule has 0 radical (unpaired) electrons. The van der Waals surface area contributed by atoms with Crippen LogP contribution in [-0.4, -0.2) is 36.4 Å². The first-order valence-corrected chi connectivity index (χ1v) is 7.40. The molecule has 0 aliphatic carbocycles. The molecule has 1 aromatic carbocycles. The average molecular weight is 324 g/mol. The van der Waals surface area contributed by atoms with Gasteiger partial charge in [0.1, 0.15) is 0 Å². The Hall–Kier alpha value is -2.12. The SMILES string of the molecule is COC(=O)c1ccc(CN(OC(C)C)C(=O)NOC(C)C)cc1. The van der Waals surface area contributed by atoms with Crippen LogP contribution in [0.5, 0.6) is 0 Å². The largest absolute Gasteiger partial charge is 0.465 e. The first kappa shape index (κ1) is 18.9. The van der Waals surface area contributed by atoms with Crippen LogP contribution in [0.15, 0.2) is 24.3 Å². The predicted molar refractivity (Wildman–Crippen MR) is 84.3 cm³/mol. The third kappa shape index (κ3) is 6.66. The van der Waals surface area contributed by atoms with Crippen molar-refractivity contribution in [3.8, 4) is 0 Å². The second-order valence-corrected chi connectivity index (χ2v) is 5.45. The van der Waals surface area contributed by atoms with E-state index in [0.717, 1.165) is 5.56 Å². The fourth-order valence-electron chi connectivity index (χ4n) is 1.66. The van der Waals surface area contributed by atoms with Crippen molar-refractivity contribution in [3.05, 3.63) is 35.4 Å². The summed E-state index contributed by atoms with van der Waals surface area (Å²) in [5.41, 5.74) is 3.58. The minimum absolute atomic E-state index is 0.140. The highest BCUT2D eigenvalue weighted by atomic mass is 16.7. The number of urea groups is 1. The summed E-state index contributed by atoms with van der Waals surface area (Å²) in [6.07, 6.45) is -0.312. The van der Waals surface area contributed by atoms with Gasteiger partial charge >= 0.3 is 12.0 Å². The zero-order valence-corrected chi connectivity index (χ0v) is 14.2. The van der Waals surface area contributed by atoms with Crippen LogP contribution < -0.4 is 5.48 Å². The van der Waals surface area contributed by atoms with Crippen molar-refractivity contribution in [1.82, 2.24) is 10.5 Å². The first-order chi connectivity index (χ1) is 10.8. The fourth-order valence-corrected chi connectivity index (χ4v) is 1.66. The van der Waals surface area contributed by atoms with Gasteiger partial charge in [0, 0.05) is 0 Å². The second kappa shape index (κ2) is 9.12. The molecule has 0 bridgehead atoms. The number of methoxy groups -OCH3 is 1. The van der Waals surface area contributed by atoms with Crippen LogP contribution in [0.2, 0.25) is 0 Å². The molecule has 2 amide bonds. The number of nitrogens with one attached hydrogen (secondary N) is 1. The highest BCUT2D eigenvalue weighted by molar-refractivity contribution is 5.89. The Bertz CT molecular complexity index is 514. The zero-order chi connectivity index (χ0) is 17.4. The van der Waals surface area contributed by atoms with E-state index >= 15 is 0 Å². The van der Waals surface area contributed by atoms with E-state index in [1.165, 1.54) is 12.2 Å². The van der Waals surface area contributed by atoms with Crippen LogP contribution in [0, 0.1) is 0 Å². The van der Waals surface area contributed by atoms with Crippen LogP contribution in [0.1, 0.15) is 43.6 Å². The molecule has 0 aromatic heterocycles. The number of hydrogen-bond donors (Lipinski definition) is 1. The fraction of sp³-hybridized carbons (Fsp3) is 0.500. The molecule has 0 aliphatic rings. The normalized spacial score (nSPS) is 10.7. The van der Waals surface area contributed by atoms with Gasteiger partial charge in [-0.05, 0) is 45.4 Å². The van der Waals surface area contributed by atoms with Crippen LogP contribution in [0.4, 0.5) is 4.79 Å². The van der Waals surface area contributed by atoms with Crippen LogP contribution in [0.25, 0.3) is 0 Å². The number of hydrogen-bond acceptors (Lipinski definition) is 5. The molecule has 128 valence electrons. The molecular formula is C16H24N2O5. The highest BCUT2D eigenvalue weighted by Gasteiger charge is 2.17. The number of amides is 2. The van der Waals surface area contributed by atoms with Gasteiger partial charge in [-0.25, -0.2) is 15.1 Å². The quantitative estimate of drug-likeness (QED) is 0.616. The van der Waals surface area contributed by atoms with Gasteiger partial charge < -0.3 is 4.74 Å². The third-order valence-electron chi connectivity index (χ3n) is 2.65. The van der Waals surface area contributed by atoms with E-state index in [-0.39, 0.29) is 18.8 Å². The number of benzene rings is 1. The van der Waals surface area contributed by atoms with Gasteiger partial charge in [0.15, 0.2) is 0 Å². The number of ether oxygens (including phenoxy) is 1. The minimum Gasteiger partial charge on any atom is -0.465 e. The van der Waals surface area contributed by atoms with E-state index in [4.69, 9.17) is 9.68 Å². The lowest BCUT2D eigenvalue weighted by atomic mass is 10.1. The van der Waals surface area contributed by atoms with Crippen LogP contribution in [0.3, 0.4) is 0 Å². The summed E-state index contributed by atoms with van der Waals surface area (Å²) in [4.78, 5) is 34.1. The maximum atomic E-state index is 12.1. The van der Waals surface area contributed by atoms with Crippen molar-refractivity contribution in [2.75, 3.05) is 7.11 Å². The molecular weight excluding hydrogens is 300 g/mol. The molecule has 7 heteroatoms. The number of rotatable bonds is 7. The maximum absolute atomic E-state index is 12.1. The number of carbonyl (C=O) groups excluding carboxylic acids is 2. The van der Waals surface area contributed by atoms with E-state index < -0.39 is 12.0 Å². The molecule has 0 saturated carbocycles. The van der Waals surface area contributed by atoms with E-state index in [2.05, 4.69) is 10.2 Å². The highest BCUT2D eigenvalue weighted by Crippen LogP contribution is 2.10. The summed E-state index contributed by atoms with van der Waals surface area (Å²) in [5, 5.41) is 1.18. The van der Waals surface area contributed by atoms with Gasteiger partial charge in [-0.3, -0.25) is 9.68 Å². The van der Waals surface area contributed by atoms with Crippen LogP contribution in [-0.2, 0) is 21.0 Å². The van der Waals surface area contributed by atoms with E-state index in [9.17, 15) is 9.59 Å². The second-order valence-electron chi connectivity index (χ2n) is 5.45. The van der Waals surface area contributed by atoms with Crippen molar-refractivity contribution in [2.24, 2.45) is 0 Å². The number of nitrogens with zero attached hydrogens (tertiary/aromatic N) is 1. The van der Waals surface area contributed by atoms with E-state index in [1.807, 2.05) is 13.8 Å². The van der Waals surface area contributed by atoms with Gasteiger partial charge in [0.2, 0.25) is 0 Å². The van der Waals surface area contributed by atoms with Crippen molar-refractivity contribution in [2.45, 2.75) is 46.4 Å². The lowest BCUT2D eigenvalue weighted by Gasteiger charge is -2.24. The van der Waals surface area contributed by atoms with Crippen molar-refractivity contribution in [3.63, 3.8) is 0 Å². The van der Waals surface area contributed by atoms with Gasteiger partial charge in [-0.1, -0.05) is 12.1 Å². The number of carbonyl (C=O) groups is 2. The molecule has 1 aromatic rings. The van der Waals surface area contributed by atoms with Gasteiger partial charge in [-0.2, -0.15) is 5.06 Å². The molecule has 7 nitrogen and oxygen atoms in total. The Balaban J connectivity index is 2.76. The summed E-state index contributed by atoms with van der Waals surface area (Å²) in [5.74, 6) is -0.407. The van der Waals surface area contributed by atoms with Crippen molar-refractivity contribution in [1.29, 1.82) is 0 Å². The Kier molecular flexibility index (Phi) is 7.50. The lowest BCUT2D eigenvalue weighted by molar-refractivity contribution is -0.164. The van der Waals surface area contributed by atoms with Gasteiger partial charge in [0.05, 0.1) is 31.4 Å². The van der Waals surface area contributed by atoms with Crippen molar-refractivity contribution >= 4 is 12.0 Å². The monoisotopic (exact) mass is 324 g/mol. The summed E-state index contributed by atoms with van der Waals surface area (Å²) in [6.45, 7) is 7.47. The molecule has 0 heterocycles. The molecule has 0 unspecified atom stereocenters. The Labute approximate surface area is 136 Å². The number of hydroxylamine groups is 3. The molecule has 0 aliphatic heterocycles. The topological polar surface area (TPSA) is 77.1 Å². The van der Waals surface area contributed by atoms with Crippen LogP contribution >= 0.6 is 0 Å². The Morgan fingerprint density at radius 1 is 1.09 bits per heavy atom. The third-order valence-corrected chi connectivity index (χ3v) is 2.65. The molecule has 0 spiro atoms. The minimum atomic E-state index is -0.496. The predicted octanol–water partition coefficient (Wildman–Crippen LogP) is 2.66. The molecule has 1 N–H and O–H groups in total. The zero-order valence-electron chi connectivity index (χ0n) is 14.2. The molecule has 0 fully saturated rings. The van der Waals surface area contributed by atoms with Gasteiger partial charge in [0.25, 0.3) is 0 Å². The van der Waals surface area contributed by atoms with Crippen molar-refractivity contribution < 1.29 is 24.0 Å². The Morgan fingerprint density at radius 3 is 2.17 bits per heavy atom. The summed E-state index contributed by atoms with van der Waals surface area (Å²) in [7, 11) is 1.33. The van der Waals surface area contributed by atoms with Gasteiger partial charge in [-0.15, -0.1) is 0 Å². The molecule has 0 atom stereocenters. The smallest absolute Gasteiger partial charge is 0.365 e. The Morgan fingerprint density at radius 2 is 1.70 bits per heavy atom. The summed E-state index contributed by atoms with van der Waals surface area (Å²) < 4.78 is 4.65. The molecule has 23 heavy (non-hydrogen) atoms. The maximum Gasteiger partial charge on any atom is 0.365 e. The standard InChI is InChI=1S/C16H24N2O5/c1-11(2)22-17-16(20)18(23-12(3)4)10-13-6-8-14(9-7-13)15(19)21-5/h6-9,11-12H,10H2,1-5H3,(H,17,20). The first-order valence-electron chi connectivity index (χ1n) is 7.40. The molecule has 1 rings (SSSR count). The lowest BCUT2D eigenvalue weighted by Crippen LogP contribution is -2.41. The number of esters is 1. The summed E-state index contributed by atoms with van der Waals surface area (Å²) in [6, 6.07) is 6.25. The summed E-state index contributed by atoms with van der Waals surface area (Å²) >= 11 is 0. The van der Waals surface area contributed by atoms with E-state index in [0.29, 0.717) is 5.56 Å². The average Bonchev–Trinajstić information content (AvgIpc) is 2.51. The molecule has 0 saturated heterocycles.